The van der Waals surface area contributed by atoms with Gasteiger partial charge in [0.25, 0.3) is 0 Å². The minimum Gasteiger partial charge on any atom is -0.393 e. The zero-order valence-corrected chi connectivity index (χ0v) is 12.0. The molecular formula is C13H22ClF3O. The summed E-state index contributed by atoms with van der Waals surface area (Å²) in [5.41, 5.74) is -0.143. The predicted molar refractivity (Wildman–Crippen MR) is 66.5 cm³/mol. The number of hydrogen-bond acceptors (Lipinski definition) is 1. The Labute approximate surface area is 112 Å². The summed E-state index contributed by atoms with van der Waals surface area (Å²) in [6, 6.07) is 0. The molecule has 1 fully saturated rings. The summed E-state index contributed by atoms with van der Waals surface area (Å²) in [5, 5.41) is 9.62. The van der Waals surface area contributed by atoms with Crippen molar-refractivity contribution in [2.45, 2.75) is 58.2 Å². The molecule has 0 radical (unpaired) electrons. The van der Waals surface area contributed by atoms with Gasteiger partial charge in [-0.25, -0.2) is 0 Å². The van der Waals surface area contributed by atoms with Crippen molar-refractivity contribution >= 4 is 11.6 Å². The monoisotopic (exact) mass is 286 g/mol. The van der Waals surface area contributed by atoms with Gasteiger partial charge in [0.1, 0.15) is 0 Å². The molecule has 0 aromatic rings. The van der Waals surface area contributed by atoms with Gasteiger partial charge in [-0.3, -0.25) is 0 Å². The summed E-state index contributed by atoms with van der Waals surface area (Å²) in [4.78, 5) is 0. The van der Waals surface area contributed by atoms with Gasteiger partial charge < -0.3 is 5.11 Å². The van der Waals surface area contributed by atoms with Crippen molar-refractivity contribution in [2.75, 3.05) is 0 Å². The van der Waals surface area contributed by atoms with E-state index in [1.54, 1.807) is 0 Å². The van der Waals surface area contributed by atoms with Crippen LogP contribution in [0.15, 0.2) is 0 Å². The molecule has 0 bridgehead atoms. The molecule has 0 aliphatic heterocycles. The molecule has 0 aromatic carbocycles. The fourth-order valence-electron chi connectivity index (χ4n) is 2.84. The van der Waals surface area contributed by atoms with Gasteiger partial charge in [0.05, 0.1) is 12.0 Å². The van der Waals surface area contributed by atoms with Crippen LogP contribution in [0, 0.1) is 23.2 Å². The first-order valence-electron chi connectivity index (χ1n) is 6.33. The van der Waals surface area contributed by atoms with Crippen LogP contribution in [-0.4, -0.2) is 22.8 Å². The summed E-state index contributed by atoms with van der Waals surface area (Å²) in [7, 11) is 0. The summed E-state index contributed by atoms with van der Waals surface area (Å²) in [6.45, 7) is 7.11. The first-order valence-corrected chi connectivity index (χ1v) is 6.77. The maximum absolute atomic E-state index is 12.8. The van der Waals surface area contributed by atoms with Crippen LogP contribution in [0.1, 0.15) is 40.5 Å². The van der Waals surface area contributed by atoms with Gasteiger partial charge in [-0.2, -0.15) is 13.2 Å². The third-order valence-corrected chi connectivity index (χ3v) is 4.68. The smallest absolute Gasteiger partial charge is 0.391 e. The Hall–Kier alpha value is 0.0400. The Balaban J connectivity index is 2.88. The Kier molecular flexibility index (Phi) is 4.65. The molecule has 0 amide bonds. The molecule has 1 rings (SSSR count). The number of rotatable bonds is 1. The number of hydrogen-bond donors (Lipinski definition) is 1. The minimum atomic E-state index is -4.26. The Morgan fingerprint density at radius 2 is 1.67 bits per heavy atom. The van der Waals surface area contributed by atoms with E-state index in [2.05, 4.69) is 0 Å². The van der Waals surface area contributed by atoms with E-state index >= 15 is 0 Å². The lowest BCUT2D eigenvalue weighted by Crippen LogP contribution is -2.46. The van der Waals surface area contributed by atoms with Crippen molar-refractivity contribution in [1.82, 2.24) is 0 Å². The molecule has 5 heteroatoms. The molecular weight excluding hydrogens is 265 g/mol. The summed E-state index contributed by atoms with van der Waals surface area (Å²) in [6.07, 6.45) is -4.64. The first kappa shape index (κ1) is 16.1. The van der Waals surface area contributed by atoms with Crippen molar-refractivity contribution in [1.29, 1.82) is 0 Å². The molecule has 1 aliphatic rings. The molecule has 108 valence electrons. The van der Waals surface area contributed by atoms with Crippen LogP contribution in [0.5, 0.6) is 0 Å². The van der Waals surface area contributed by atoms with Gasteiger partial charge in [0, 0.05) is 5.38 Å². The normalized spacial score (nSPS) is 36.5. The average molecular weight is 287 g/mol. The molecule has 0 spiro atoms. The molecule has 0 heterocycles. The van der Waals surface area contributed by atoms with Crippen LogP contribution in [0.3, 0.4) is 0 Å². The van der Waals surface area contributed by atoms with E-state index in [-0.39, 0.29) is 23.1 Å². The van der Waals surface area contributed by atoms with Crippen molar-refractivity contribution in [3.63, 3.8) is 0 Å². The maximum atomic E-state index is 12.8. The molecule has 1 saturated carbocycles. The molecule has 0 saturated heterocycles. The van der Waals surface area contributed by atoms with E-state index in [1.807, 2.05) is 20.8 Å². The largest absolute Gasteiger partial charge is 0.393 e. The maximum Gasteiger partial charge on any atom is 0.391 e. The van der Waals surface area contributed by atoms with Gasteiger partial charge in [-0.05, 0) is 30.1 Å². The lowest BCUT2D eigenvalue weighted by molar-refractivity contribution is -0.200. The SMILES string of the molecule is CC(C1CC(C(C)(C)C)C(Cl)CC1O)C(F)(F)F. The number of halogens is 4. The van der Waals surface area contributed by atoms with E-state index in [0.717, 1.165) is 6.92 Å². The molecule has 0 aromatic heterocycles. The average Bonchev–Trinajstić information content (AvgIpc) is 2.13. The van der Waals surface area contributed by atoms with Gasteiger partial charge >= 0.3 is 6.18 Å². The molecule has 1 aliphatic carbocycles. The number of aliphatic hydroxyl groups is 1. The van der Waals surface area contributed by atoms with Crippen LogP contribution in [0.4, 0.5) is 13.2 Å². The van der Waals surface area contributed by atoms with Gasteiger partial charge in [-0.15, -0.1) is 11.6 Å². The second kappa shape index (κ2) is 5.20. The predicted octanol–water partition coefficient (Wildman–Crippen LogP) is 4.23. The topological polar surface area (TPSA) is 20.2 Å². The standard InChI is InChI=1S/C13H22ClF3O/c1-7(13(15,16)17)8-5-9(12(2,3)4)10(14)6-11(8)18/h7-11,18H,5-6H2,1-4H3. The zero-order chi connectivity index (χ0) is 14.3. The Morgan fingerprint density at radius 3 is 2.06 bits per heavy atom. The fourth-order valence-corrected chi connectivity index (χ4v) is 3.51. The van der Waals surface area contributed by atoms with Gasteiger partial charge in [0.15, 0.2) is 0 Å². The van der Waals surface area contributed by atoms with E-state index < -0.39 is 24.1 Å². The summed E-state index contributed by atoms with van der Waals surface area (Å²) < 4.78 is 38.4. The van der Waals surface area contributed by atoms with Crippen LogP contribution in [0.2, 0.25) is 0 Å². The van der Waals surface area contributed by atoms with Crippen molar-refractivity contribution in [3.8, 4) is 0 Å². The van der Waals surface area contributed by atoms with E-state index in [0.29, 0.717) is 6.42 Å². The van der Waals surface area contributed by atoms with Gasteiger partial charge in [0.2, 0.25) is 0 Å². The molecule has 5 atom stereocenters. The van der Waals surface area contributed by atoms with Crippen LogP contribution >= 0.6 is 11.6 Å². The first-order chi connectivity index (χ1) is 7.94. The van der Waals surface area contributed by atoms with E-state index in [1.165, 1.54) is 0 Å². The lowest BCUT2D eigenvalue weighted by atomic mass is 9.65. The van der Waals surface area contributed by atoms with Gasteiger partial charge in [-0.1, -0.05) is 27.7 Å². The van der Waals surface area contributed by atoms with E-state index in [9.17, 15) is 18.3 Å². The molecule has 18 heavy (non-hydrogen) atoms. The highest BCUT2D eigenvalue weighted by molar-refractivity contribution is 6.20. The highest BCUT2D eigenvalue weighted by atomic mass is 35.5. The summed E-state index contributed by atoms with van der Waals surface area (Å²) >= 11 is 6.21. The van der Waals surface area contributed by atoms with Crippen molar-refractivity contribution < 1.29 is 18.3 Å². The zero-order valence-electron chi connectivity index (χ0n) is 11.3. The second-order valence-corrected chi connectivity index (χ2v) is 7.08. The quantitative estimate of drug-likeness (QED) is 0.715. The highest BCUT2D eigenvalue weighted by Crippen LogP contribution is 2.47. The molecule has 1 N–H and O–H groups in total. The number of aliphatic hydroxyl groups excluding tert-OH is 1. The van der Waals surface area contributed by atoms with Crippen LogP contribution < -0.4 is 0 Å². The number of alkyl halides is 4. The minimum absolute atomic E-state index is 0.00244. The lowest BCUT2D eigenvalue weighted by Gasteiger charge is -2.45. The van der Waals surface area contributed by atoms with Crippen molar-refractivity contribution in [2.24, 2.45) is 23.2 Å². The third-order valence-electron chi connectivity index (χ3n) is 4.19. The molecule has 1 nitrogen and oxygen atoms in total. The Morgan fingerprint density at radius 1 is 1.17 bits per heavy atom. The third kappa shape index (κ3) is 3.53. The highest BCUT2D eigenvalue weighted by Gasteiger charge is 2.49. The Bertz CT molecular complexity index is 285. The van der Waals surface area contributed by atoms with Crippen LogP contribution in [-0.2, 0) is 0 Å². The van der Waals surface area contributed by atoms with E-state index in [4.69, 9.17) is 11.6 Å². The van der Waals surface area contributed by atoms with Crippen LogP contribution in [0.25, 0.3) is 0 Å². The second-order valence-electron chi connectivity index (χ2n) is 6.52. The van der Waals surface area contributed by atoms with Crippen molar-refractivity contribution in [3.05, 3.63) is 0 Å². The fraction of sp³-hybridized carbons (Fsp3) is 1.00. The molecule has 5 unspecified atom stereocenters. The summed E-state index contributed by atoms with van der Waals surface area (Å²) in [5.74, 6) is -2.23.